The lowest BCUT2D eigenvalue weighted by atomic mass is 10.3. The van der Waals surface area contributed by atoms with E-state index in [1.54, 1.807) is 0 Å². The Balaban J connectivity index is 3.81. The first-order valence-electron chi connectivity index (χ1n) is 5.52. The third kappa shape index (κ3) is 8.00. The van der Waals surface area contributed by atoms with Crippen LogP contribution in [0.5, 0.6) is 0 Å². The molecule has 0 unspecified atom stereocenters. The first-order chi connectivity index (χ1) is 9.23. The first-order valence-corrected chi connectivity index (χ1v) is 5.52. The minimum atomic E-state index is -1.33. The van der Waals surface area contributed by atoms with Crippen molar-refractivity contribution in [3.8, 4) is 0 Å². The van der Waals surface area contributed by atoms with Crippen LogP contribution in [-0.2, 0) is 28.7 Å². The summed E-state index contributed by atoms with van der Waals surface area (Å²) in [5.74, 6) is -4.28. The van der Waals surface area contributed by atoms with Crippen molar-refractivity contribution in [2.24, 2.45) is 11.5 Å². The zero-order chi connectivity index (χ0) is 15.7. The number of hydrogen-bond acceptors (Lipinski definition) is 8. The number of carboxylic acid groups (broad SMARTS) is 2. The minimum absolute atomic E-state index is 0.340. The highest BCUT2D eigenvalue weighted by molar-refractivity contribution is 5.79. The molecular formula is C10H16N2O8. The molecule has 114 valence electrons. The second-order valence-electron chi connectivity index (χ2n) is 3.76. The molecule has 0 saturated carbocycles. The molecule has 6 N–H and O–H groups in total. The van der Waals surface area contributed by atoms with Gasteiger partial charge in [-0.25, -0.2) is 0 Å². The lowest BCUT2D eigenvalue weighted by molar-refractivity contribution is -0.154. The van der Waals surface area contributed by atoms with Crippen LogP contribution in [-0.4, -0.2) is 59.4 Å². The molecule has 0 amide bonds. The van der Waals surface area contributed by atoms with Gasteiger partial charge >= 0.3 is 23.9 Å². The summed E-state index contributed by atoms with van der Waals surface area (Å²) in [5.41, 5.74) is 10.2. The Kier molecular flexibility index (Phi) is 7.85. The largest absolute Gasteiger partial charge is 0.480 e. The van der Waals surface area contributed by atoms with Crippen LogP contribution in [0, 0.1) is 0 Å². The molecule has 10 heteroatoms. The summed E-state index contributed by atoms with van der Waals surface area (Å²) in [6, 6.07) is -2.67. The zero-order valence-electron chi connectivity index (χ0n) is 10.5. The number of esters is 2. The predicted molar refractivity (Wildman–Crippen MR) is 62.4 cm³/mol. The molecule has 10 nitrogen and oxygen atoms in total. The Morgan fingerprint density at radius 3 is 1.35 bits per heavy atom. The number of carboxylic acids is 2. The van der Waals surface area contributed by atoms with E-state index in [0.717, 1.165) is 0 Å². The van der Waals surface area contributed by atoms with Crippen LogP contribution in [0.2, 0.25) is 0 Å². The van der Waals surface area contributed by atoms with Crippen LogP contribution in [0.3, 0.4) is 0 Å². The average molecular weight is 292 g/mol. The zero-order valence-corrected chi connectivity index (χ0v) is 10.5. The van der Waals surface area contributed by atoms with Gasteiger partial charge in [0.2, 0.25) is 0 Å². The Morgan fingerprint density at radius 2 is 1.10 bits per heavy atom. The molecule has 0 radical (unpaired) electrons. The maximum atomic E-state index is 11.1. The fourth-order valence-electron chi connectivity index (χ4n) is 0.856. The molecule has 0 aromatic rings. The molecule has 0 saturated heterocycles. The SMILES string of the molecule is N[C@@H](COC(=O)CCC(=O)OC[C@H](N)C(=O)O)C(=O)O. The lowest BCUT2D eigenvalue weighted by Crippen LogP contribution is -2.36. The van der Waals surface area contributed by atoms with Crippen molar-refractivity contribution in [3.63, 3.8) is 0 Å². The van der Waals surface area contributed by atoms with E-state index in [2.05, 4.69) is 9.47 Å². The van der Waals surface area contributed by atoms with E-state index in [4.69, 9.17) is 21.7 Å². The van der Waals surface area contributed by atoms with Gasteiger partial charge < -0.3 is 31.2 Å². The summed E-state index contributed by atoms with van der Waals surface area (Å²) in [6.45, 7) is -1.01. The Bertz CT molecular complexity index is 347. The van der Waals surface area contributed by atoms with Crippen LogP contribution < -0.4 is 11.5 Å². The summed E-state index contributed by atoms with van der Waals surface area (Å²) < 4.78 is 9.02. The summed E-state index contributed by atoms with van der Waals surface area (Å²) in [4.78, 5) is 42.9. The van der Waals surface area contributed by atoms with Crippen LogP contribution in [0.1, 0.15) is 12.8 Å². The van der Waals surface area contributed by atoms with Crippen molar-refractivity contribution >= 4 is 23.9 Å². The summed E-state index contributed by atoms with van der Waals surface area (Å²) in [5, 5.41) is 16.9. The summed E-state index contributed by atoms with van der Waals surface area (Å²) in [6.07, 6.45) is -0.680. The highest BCUT2D eigenvalue weighted by atomic mass is 16.5. The van der Waals surface area contributed by atoms with Gasteiger partial charge in [0.1, 0.15) is 25.3 Å². The van der Waals surface area contributed by atoms with E-state index in [1.165, 1.54) is 0 Å². The normalized spacial score (nSPS) is 13.1. The predicted octanol–water partition coefficient (Wildman–Crippen LogP) is -2.32. The molecule has 0 fully saturated rings. The smallest absolute Gasteiger partial charge is 0.324 e. The van der Waals surface area contributed by atoms with Gasteiger partial charge in [0.15, 0.2) is 0 Å². The molecule has 0 aromatic carbocycles. The van der Waals surface area contributed by atoms with Gasteiger partial charge in [0.25, 0.3) is 0 Å². The summed E-state index contributed by atoms with van der Waals surface area (Å²) in [7, 11) is 0. The van der Waals surface area contributed by atoms with Crippen molar-refractivity contribution < 1.29 is 38.9 Å². The third-order valence-corrected chi connectivity index (χ3v) is 2.02. The van der Waals surface area contributed by atoms with E-state index in [9.17, 15) is 19.2 Å². The second-order valence-corrected chi connectivity index (χ2v) is 3.76. The van der Waals surface area contributed by atoms with E-state index >= 15 is 0 Å². The number of hydrogen-bond donors (Lipinski definition) is 4. The molecule has 0 rings (SSSR count). The number of carbonyl (C=O) groups is 4. The van der Waals surface area contributed by atoms with E-state index in [-0.39, 0.29) is 12.8 Å². The van der Waals surface area contributed by atoms with Crippen molar-refractivity contribution in [3.05, 3.63) is 0 Å². The lowest BCUT2D eigenvalue weighted by Gasteiger charge is -2.09. The van der Waals surface area contributed by atoms with Gasteiger partial charge in [-0.3, -0.25) is 19.2 Å². The van der Waals surface area contributed by atoms with Crippen LogP contribution in [0.4, 0.5) is 0 Å². The molecular weight excluding hydrogens is 276 g/mol. The number of carbonyl (C=O) groups excluding carboxylic acids is 2. The Morgan fingerprint density at radius 1 is 0.800 bits per heavy atom. The average Bonchev–Trinajstić information content (AvgIpc) is 2.39. The van der Waals surface area contributed by atoms with E-state index < -0.39 is 49.2 Å². The van der Waals surface area contributed by atoms with E-state index in [1.807, 2.05) is 0 Å². The van der Waals surface area contributed by atoms with Gasteiger partial charge in [-0.2, -0.15) is 0 Å². The van der Waals surface area contributed by atoms with Crippen LogP contribution >= 0.6 is 0 Å². The highest BCUT2D eigenvalue weighted by Gasteiger charge is 2.17. The Hall–Kier alpha value is -2.20. The molecule has 0 spiro atoms. The molecule has 0 bridgehead atoms. The van der Waals surface area contributed by atoms with Crippen LogP contribution in [0.15, 0.2) is 0 Å². The van der Waals surface area contributed by atoms with Crippen LogP contribution in [0.25, 0.3) is 0 Å². The molecule has 2 atom stereocenters. The molecule has 0 heterocycles. The van der Waals surface area contributed by atoms with Crippen molar-refractivity contribution in [2.75, 3.05) is 13.2 Å². The molecule has 0 aliphatic carbocycles. The molecule has 0 aromatic heterocycles. The van der Waals surface area contributed by atoms with Crippen molar-refractivity contribution in [1.29, 1.82) is 0 Å². The Labute approximate surface area is 113 Å². The first kappa shape index (κ1) is 17.8. The van der Waals surface area contributed by atoms with Crippen molar-refractivity contribution in [2.45, 2.75) is 24.9 Å². The molecule has 20 heavy (non-hydrogen) atoms. The van der Waals surface area contributed by atoms with Gasteiger partial charge in [-0.05, 0) is 0 Å². The van der Waals surface area contributed by atoms with Gasteiger partial charge in [-0.1, -0.05) is 0 Å². The third-order valence-electron chi connectivity index (χ3n) is 2.02. The highest BCUT2D eigenvalue weighted by Crippen LogP contribution is 1.97. The maximum Gasteiger partial charge on any atom is 0.324 e. The fraction of sp³-hybridized carbons (Fsp3) is 0.600. The molecule has 0 aliphatic heterocycles. The minimum Gasteiger partial charge on any atom is -0.480 e. The van der Waals surface area contributed by atoms with Gasteiger partial charge in [-0.15, -0.1) is 0 Å². The number of rotatable bonds is 9. The van der Waals surface area contributed by atoms with Gasteiger partial charge in [0, 0.05) is 0 Å². The number of nitrogens with two attached hydrogens (primary N) is 2. The monoisotopic (exact) mass is 292 g/mol. The van der Waals surface area contributed by atoms with Crippen molar-refractivity contribution in [1.82, 2.24) is 0 Å². The van der Waals surface area contributed by atoms with Gasteiger partial charge in [0.05, 0.1) is 12.8 Å². The fourth-order valence-corrected chi connectivity index (χ4v) is 0.856. The standard InChI is InChI=1S/C10H16N2O8/c11-5(9(15)16)3-19-7(13)1-2-8(14)20-4-6(12)10(17)18/h5-6H,1-4,11-12H2,(H,15,16)(H,17,18)/t5-,6-/m0/s1. The summed E-state index contributed by atoms with van der Waals surface area (Å²) >= 11 is 0. The maximum absolute atomic E-state index is 11.1. The number of ether oxygens (including phenoxy) is 2. The number of aliphatic carboxylic acids is 2. The molecule has 0 aliphatic rings. The second kappa shape index (κ2) is 8.82. The quantitative estimate of drug-likeness (QED) is 0.337. The van der Waals surface area contributed by atoms with E-state index in [0.29, 0.717) is 0 Å². The topological polar surface area (TPSA) is 179 Å².